The van der Waals surface area contributed by atoms with E-state index in [9.17, 15) is 4.79 Å². The van der Waals surface area contributed by atoms with Crippen LogP contribution in [0.1, 0.15) is 17.4 Å². The van der Waals surface area contributed by atoms with Crippen LogP contribution in [0.3, 0.4) is 0 Å². The van der Waals surface area contributed by atoms with Crippen molar-refractivity contribution in [3.63, 3.8) is 0 Å². The monoisotopic (exact) mass is 340 g/mol. The number of fused-ring (bicyclic) bond motifs is 1. The van der Waals surface area contributed by atoms with Gasteiger partial charge >= 0.3 is 0 Å². The van der Waals surface area contributed by atoms with Crippen LogP contribution in [0.15, 0.2) is 47.4 Å². The Labute approximate surface area is 144 Å². The summed E-state index contributed by atoms with van der Waals surface area (Å²) in [6.45, 7) is 2.79. The van der Waals surface area contributed by atoms with Gasteiger partial charge in [-0.25, -0.2) is 9.50 Å². The van der Waals surface area contributed by atoms with Gasteiger partial charge in [-0.1, -0.05) is 18.2 Å². The minimum Gasteiger partial charge on any atom is -0.496 e. The number of hydrogen-bond acceptors (Lipinski definition) is 5. The molecule has 0 spiro atoms. The summed E-state index contributed by atoms with van der Waals surface area (Å²) in [5.74, 6) is 0.833. The Morgan fingerprint density at radius 3 is 3.12 bits per heavy atom. The minimum absolute atomic E-state index is 0.0537. The Morgan fingerprint density at radius 2 is 2.24 bits per heavy atom. The summed E-state index contributed by atoms with van der Waals surface area (Å²) in [5.41, 5.74) is 2.35. The van der Waals surface area contributed by atoms with Crippen molar-refractivity contribution in [3.05, 3.63) is 64.2 Å². The third-order valence-electron chi connectivity index (χ3n) is 4.46. The third-order valence-corrected chi connectivity index (χ3v) is 4.46. The summed E-state index contributed by atoms with van der Waals surface area (Å²) >= 11 is 0. The smallest absolute Gasteiger partial charge is 0.272 e. The zero-order valence-corrected chi connectivity index (χ0v) is 14.0. The molecular weight excluding hydrogens is 320 g/mol. The Kier molecular flexibility index (Phi) is 4.25. The molecule has 1 aromatic carbocycles. The van der Waals surface area contributed by atoms with Gasteiger partial charge in [0.25, 0.3) is 5.56 Å². The standard InChI is InChI=1S/C18H20N4O3/c1-24-15-5-3-2-4-14(15)16-12-21(8-9-25-16)11-13-10-18(23)22-17(20-13)6-7-19-22/h2-7,10,16,19H,8-9,11-12H2,1H3. The van der Waals surface area contributed by atoms with Gasteiger partial charge in [-0.3, -0.25) is 14.8 Å². The molecule has 1 unspecified atom stereocenters. The molecule has 0 saturated carbocycles. The van der Waals surface area contributed by atoms with E-state index in [0.717, 1.165) is 30.1 Å². The molecule has 4 rings (SSSR count). The summed E-state index contributed by atoms with van der Waals surface area (Å²) in [6, 6.07) is 11.3. The molecule has 1 saturated heterocycles. The normalized spacial score (nSPS) is 18.5. The molecule has 3 aromatic rings. The molecule has 1 aliphatic heterocycles. The highest BCUT2D eigenvalue weighted by Crippen LogP contribution is 2.30. The molecule has 0 aliphatic carbocycles. The van der Waals surface area contributed by atoms with Crippen molar-refractivity contribution in [1.82, 2.24) is 19.5 Å². The highest BCUT2D eigenvalue weighted by atomic mass is 16.5. The summed E-state index contributed by atoms with van der Waals surface area (Å²) in [6.07, 6.45) is 1.65. The molecule has 1 N–H and O–H groups in total. The zero-order chi connectivity index (χ0) is 17.2. The molecule has 25 heavy (non-hydrogen) atoms. The van der Waals surface area contributed by atoms with Crippen LogP contribution in [-0.4, -0.2) is 46.3 Å². The molecule has 7 heteroatoms. The summed E-state index contributed by atoms with van der Waals surface area (Å²) in [7, 11) is 1.67. The van der Waals surface area contributed by atoms with Crippen LogP contribution in [0.5, 0.6) is 5.75 Å². The van der Waals surface area contributed by atoms with Crippen molar-refractivity contribution in [2.75, 3.05) is 26.8 Å². The lowest BCUT2D eigenvalue weighted by Crippen LogP contribution is -2.38. The Balaban J connectivity index is 1.53. The third kappa shape index (κ3) is 3.16. The number of benzene rings is 1. The fourth-order valence-electron chi connectivity index (χ4n) is 3.25. The maximum Gasteiger partial charge on any atom is 0.272 e. The van der Waals surface area contributed by atoms with E-state index in [1.807, 2.05) is 24.3 Å². The number of rotatable bonds is 4. The number of methoxy groups -OCH3 is 1. The molecule has 0 amide bonds. The van der Waals surface area contributed by atoms with Gasteiger partial charge in [0.05, 0.1) is 25.5 Å². The highest BCUT2D eigenvalue weighted by Gasteiger charge is 2.24. The van der Waals surface area contributed by atoms with E-state index in [4.69, 9.17) is 9.47 Å². The highest BCUT2D eigenvalue weighted by molar-refractivity contribution is 5.37. The van der Waals surface area contributed by atoms with Crippen LogP contribution in [0, 0.1) is 0 Å². The number of nitrogens with zero attached hydrogens (tertiary/aromatic N) is 3. The predicted molar refractivity (Wildman–Crippen MR) is 92.8 cm³/mol. The lowest BCUT2D eigenvalue weighted by atomic mass is 10.1. The number of para-hydroxylation sites is 1. The summed E-state index contributed by atoms with van der Waals surface area (Å²) in [5, 5.41) is 2.85. The Morgan fingerprint density at radius 1 is 1.36 bits per heavy atom. The second-order valence-corrected chi connectivity index (χ2v) is 6.08. The van der Waals surface area contributed by atoms with Crippen LogP contribution in [0.4, 0.5) is 0 Å². The summed E-state index contributed by atoms with van der Waals surface area (Å²) in [4.78, 5) is 18.9. The molecule has 1 atom stereocenters. The SMILES string of the molecule is COc1ccccc1C1CN(Cc2cc(=O)n3[nH]ccc3n2)CCO1. The maximum absolute atomic E-state index is 12.1. The summed E-state index contributed by atoms with van der Waals surface area (Å²) < 4.78 is 12.8. The van der Waals surface area contributed by atoms with E-state index in [1.165, 1.54) is 4.52 Å². The first kappa shape index (κ1) is 15.9. The second kappa shape index (κ2) is 6.70. The lowest BCUT2D eigenvalue weighted by Gasteiger charge is -2.33. The van der Waals surface area contributed by atoms with Gasteiger partial charge in [0.1, 0.15) is 5.75 Å². The molecule has 0 radical (unpaired) electrons. The average molecular weight is 340 g/mol. The molecular formula is C18H20N4O3. The van der Waals surface area contributed by atoms with Crippen LogP contribution in [0.2, 0.25) is 0 Å². The largest absolute Gasteiger partial charge is 0.496 e. The van der Waals surface area contributed by atoms with Crippen molar-refractivity contribution in [2.24, 2.45) is 0 Å². The first-order valence-corrected chi connectivity index (χ1v) is 8.27. The van der Waals surface area contributed by atoms with E-state index < -0.39 is 0 Å². The van der Waals surface area contributed by atoms with E-state index in [0.29, 0.717) is 18.8 Å². The van der Waals surface area contributed by atoms with Crippen molar-refractivity contribution in [3.8, 4) is 5.75 Å². The molecule has 1 aliphatic rings. The fraction of sp³-hybridized carbons (Fsp3) is 0.333. The van der Waals surface area contributed by atoms with Gasteiger partial charge in [-0.2, -0.15) is 0 Å². The first-order valence-electron chi connectivity index (χ1n) is 8.27. The number of H-pyrrole nitrogens is 1. The number of hydrogen-bond donors (Lipinski definition) is 1. The second-order valence-electron chi connectivity index (χ2n) is 6.08. The van der Waals surface area contributed by atoms with Crippen molar-refractivity contribution in [1.29, 1.82) is 0 Å². The van der Waals surface area contributed by atoms with Crippen LogP contribution in [0.25, 0.3) is 5.65 Å². The number of nitrogens with one attached hydrogen (secondary N) is 1. The average Bonchev–Trinajstić information content (AvgIpc) is 3.11. The van der Waals surface area contributed by atoms with Gasteiger partial charge in [0.2, 0.25) is 0 Å². The van der Waals surface area contributed by atoms with E-state index in [1.54, 1.807) is 25.4 Å². The molecule has 0 bridgehead atoms. The van der Waals surface area contributed by atoms with Gasteiger partial charge in [-0.05, 0) is 6.07 Å². The van der Waals surface area contributed by atoms with E-state index in [-0.39, 0.29) is 11.7 Å². The molecule has 7 nitrogen and oxygen atoms in total. The molecule has 1 fully saturated rings. The fourth-order valence-corrected chi connectivity index (χ4v) is 3.25. The number of ether oxygens (including phenoxy) is 2. The predicted octanol–water partition coefficient (Wildman–Crippen LogP) is 1.60. The van der Waals surface area contributed by atoms with E-state index in [2.05, 4.69) is 15.0 Å². The van der Waals surface area contributed by atoms with Crippen molar-refractivity contribution < 1.29 is 9.47 Å². The van der Waals surface area contributed by atoms with Crippen LogP contribution in [-0.2, 0) is 11.3 Å². The van der Waals surface area contributed by atoms with Crippen LogP contribution >= 0.6 is 0 Å². The van der Waals surface area contributed by atoms with Gasteiger partial charge < -0.3 is 9.47 Å². The molecule has 130 valence electrons. The molecule has 2 aromatic heterocycles. The topological polar surface area (TPSA) is 71.9 Å². The Hall–Kier alpha value is -2.64. The van der Waals surface area contributed by atoms with Crippen LogP contribution < -0.4 is 10.3 Å². The quantitative estimate of drug-likeness (QED) is 0.781. The van der Waals surface area contributed by atoms with E-state index >= 15 is 0 Å². The van der Waals surface area contributed by atoms with Crippen molar-refractivity contribution >= 4 is 5.65 Å². The van der Waals surface area contributed by atoms with Crippen molar-refractivity contribution in [2.45, 2.75) is 12.6 Å². The van der Waals surface area contributed by atoms with Gasteiger partial charge in [-0.15, -0.1) is 0 Å². The minimum atomic E-state index is -0.0976. The lowest BCUT2D eigenvalue weighted by molar-refractivity contribution is -0.0342. The number of aromatic amines is 1. The van der Waals surface area contributed by atoms with Gasteiger partial charge in [0, 0.05) is 43.5 Å². The number of morpholine rings is 1. The maximum atomic E-state index is 12.1. The molecule has 3 heterocycles. The number of aromatic nitrogens is 3. The first-order chi connectivity index (χ1) is 12.2. The zero-order valence-electron chi connectivity index (χ0n) is 14.0. The Bertz CT molecular complexity index is 933. The van der Waals surface area contributed by atoms with Gasteiger partial charge in [0.15, 0.2) is 5.65 Å².